The zero-order chi connectivity index (χ0) is 41.0. The molecule has 6 atom stereocenters. The molecule has 6 unspecified atom stereocenters. The van der Waals surface area contributed by atoms with Crippen LogP contribution in [-0.4, -0.2) is 0 Å². The summed E-state index contributed by atoms with van der Waals surface area (Å²) >= 11 is 0. The fraction of sp³-hybridized carbons (Fsp3) is 0.290. The third-order valence-electron chi connectivity index (χ3n) is 16.0. The van der Waals surface area contributed by atoms with Crippen LogP contribution in [0.4, 0.5) is 0 Å². The van der Waals surface area contributed by atoms with E-state index in [0.717, 1.165) is 44.9 Å². The van der Waals surface area contributed by atoms with E-state index in [9.17, 15) is 0 Å². The van der Waals surface area contributed by atoms with Crippen LogP contribution in [0.25, 0.3) is 21.9 Å². The fourth-order valence-corrected chi connectivity index (χ4v) is 13.2. The number of rotatable bonds is 6. The van der Waals surface area contributed by atoms with E-state index in [1.165, 1.54) is 70.7 Å². The van der Waals surface area contributed by atoms with Gasteiger partial charge in [-0.1, -0.05) is 170 Å². The highest BCUT2D eigenvalue weighted by Gasteiger charge is 2.44. The number of aryl methyl sites for hydroxylation is 1. The van der Waals surface area contributed by atoms with Crippen molar-refractivity contribution in [2.45, 2.75) is 77.0 Å². The molecule has 9 aliphatic carbocycles. The second-order valence-electron chi connectivity index (χ2n) is 19.3. The number of allylic oxidation sites excluding steroid dienone is 28. The van der Waals surface area contributed by atoms with Crippen LogP contribution in [0, 0.1) is 35.5 Å². The Bertz CT molecular complexity index is 2800. The largest absolute Gasteiger partial charge is 0.0842 e. The fourth-order valence-electron chi connectivity index (χ4n) is 13.2. The van der Waals surface area contributed by atoms with E-state index in [2.05, 4.69) is 170 Å². The third-order valence-corrected chi connectivity index (χ3v) is 16.0. The van der Waals surface area contributed by atoms with Gasteiger partial charge < -0.3 is 0 Å². The predicted octanol–water partition coefficient (Wildman–Crippen LogP) is 16.0. The molecule has 0 spiro atoms. The molecular weight excluding hydrogens is 745 g/mol. The lowest BCUT2D eigenvalue weighted by Gasteiger charge is -2.46. The van der Waals surface area contributed by atoms with Gasteiger partial charge in [0.05, 0.1) is 0 Å². The molecule has 3 aromatic carbocycles. The molecule has 0 amide bonds. The van der Waals surface area contributed by atoms with Crippen LogP contribution in [0.15, 0.2) is 220 Å². The van der Waals surface area contributed by atoms with Gasteiger partial charge in [-0.05, 0) is 201 Å². The summed E-state index contributed by atoms with van der Waals surface area (Å²) < 4.78 is 0. The van der Waals surface area contributed by atoms with Gasteiger partial charge in [-0.15, -0.1) is 0 Å². The van der Waals surface area contributed by atoms with Crippen molar-refractivity contribution in [3.63, 3.8) is 0 Å². The van der Waals surface area contributed by atoms with E-state index in [0.29, 0.717) is 35.5 Å². The maximum Gasteiger partial charge on any atom is -0.00238 e. The monoisotopic (exact) mass is 802 g/mol. The molecule has 0 saturated heterocycles. The first-order valence-corrected chi connectivity index (χ1v) is 24.1. The molecular formula is C62H58. The maximum atomic E-state index is 2.76. The first-order chi connectivity index (χ1) is 30.8. The Balaban J connectivity index is 0.969. The van der Waals surface area contributed by atoms with Gasteiger partial charge in [0.25, 0.3) is 0 Å². The highest BCUT2D eigenvalue weighted by molar-refractivity contribution is 5.97. The number of benzene rings is 3. The van der Waals surface area contributed by atoms with Crippen LogP contribution < -0.4 is 0 Å². The molecule has 9 aliphatic rings. The minimum Gasteiger partial charge on any atom is -0.0842 e. The normalized spacial score (nSPS) is 28.7. The molecule has 0 radical (unpaired) electrons. The molecule has 0 bridgehead atoms. The molecule has 0 aliphatic heterocycles. The first-order valence-electron chi connectivity index (χ1n) is 24.1. The highest BCUT2D eigenvalue weighted by Crippen LogP contribution is 2.57. The van der Waals surface area contributed by atoms with E-state index < -0.39 is 0 Å². The van der Waals surface area contributed by atoms with Gasteiger partial charge in [-0.25, -0.2) is 0 Å². The van der Waals surface area contributed by atoms with Gasteiger partial charge in [-0.3, -0.25) is 0 Å². The molecule has 0 fully saturated rings. The van der Waals surface area contributed by atoms with Crippen LogP contribution in [0.1, 0.15) is 87.3 Å². The van der Waals surface area contributed by atoms with E-state index in [1.54, 1.807) is 50.1 Å². The van der Waals surface area contributed by atoms with Crippen molar-refractivity contribution >= 4 is 21.9 Å². The van der Waals surface area contributed by atoms with Gasteiger partial charge in [0.15, 0.2) is 0 Å². The van der Waals surface area contributed by atoms with Crippen molar-refractivity contribution in [3.8, 4) is 0 Å². The van der Waals surface area contributed by atoms with Crippen LogP contribution in [0.2, 0.25) is 0 Å². The predicted molar refractivity (Wildman–Crippen MR) is 262 cm³/mol. The minimum atomic E-state index is 0.409. The number of fused-ring (bicyclic) bond motifs is 7. The quantitative estimate of drug-likeness (QED) is 0.233. The zero-order valence-electron chi connectivity index (χ0n) is 36.1. The highest BCUT2D eigenvalue weighted by atomic mass is 14.5. The van der Waals surface area contributed by atoms with Crippen molar-refractivity contribution in [1.29, 1.82) is 0 Å². The van der Waals surface area contributed by atoms with Crippen molar-refractivity contribution < 1.29 is 0 Å². The Kier molecular flexibility index (Phi) is 9.93. The summed E-state index contributed by atoms with van der Waals surface area (Å²) in [6, 6.07) is 25.2. The van der Waals surface area contributed by atoms with Crippen LogP contribution in [-0.2, 0) is 6.42 Å². The standard InChI is InChI=1S/C62H58/c1-4-17-41(18-5-1)50-39-57(42-19-6-2-7-20-42)60(45-22-8-3-9-23-45)58(40-50)47-24-16-25-48(37-47)61-52-27-12-14-29-54(52)62(55-30-15-13-28-53(55)61)49-36-33-44-32-35-46-34-31-43-21-10-11-26-51(43)59(46)56(44)38-49/h1-4,6-8,10-14,16-17,19-22,25-28,31,34,36-39,44,47,54-55,58,62H,5,9,15,18,23-24,29-30,32-33,35,40H2. The summed E-state index contributed by atoms with van der Waals surface area (Å²) in [4.78, 5) is 0. The average molecular weight is 803 g/mol. The lowest BCUT2D eigenvalue weighted by Crippen LogP contribution is -2.36. The molecule has 3 aromatic rings. The Morgan fingerprint density at radius 2 is 1.40 bits per heavy atom. The lowest BCUT2D eigenvalue weighted by molar-refractivity contribution is 0.303. The van der Waals surface area contributed by atoms with Gasteiger partial charge in [-0.2, -0.15) is 0 Å². The Morgan fingerprint density at radius 3 is 2.27 bits per heavy atom. The first kappa shape index (κ1) is 38.0. The molecule has 0 N–H and O–H groups in total. The molecule has 0 heteroatoms. The van der Waals surface area contributed by atoms with E-state index in [-0.39, 0.29) is 0 Å². The van der Waals surface area contributed by atoms with Gasteiger partial charge >= 0.3 is 0 Å². The van der Waals surface area contributed by atoms with Crippen molar-refractivity contribution in [2.75, 3.05) is 0 Å². The van der Waals surface area contributed by atoms with Crippen molar-refractivity contribution in [3.05, 3.63) is 237 Å². The maximum absolute atomic E-state index is 2.76. The average Bonchev–Trinajstić information content (AvgIpc) is 3.35. The Hall–Kier alpha value is -5.72. The molecule has 0 nitrogen and oxygen atoms in total. The molecule has 0 saturated carbocycles. The SMILES string of the molecule is C1=CCCC(C2=CC(c3ccccc3)=C(C3=CC=CCC3)C(C3C=C(C4=C5C=CCCC5C(C5=CCC6CCc7ccc8ccccc8c7C6=C5)C5CC=CC=C45)C=CC3)C2)=C1. The summed E-state index contributed by atoms with van der Waals surface area (Å²) in [7, 11) is 0. The smallest absolute Gasteiger partial charge is 0.00238 e. The summed E-state index contributed by atoms with van der Waals surface area (Å²) in [5, 5.41) is 2.82. The summed E-state index contributed by atoms with van der Waals surface area (Å²) in [6.07, 6.45) is 56.2. The van der Waals surface area contributed by atoms with E-state index in [1.807, 2.05) is 0 Å². The van der Waals surface area contributed by atoms with E-state index in [4.69, 9.17) is 0 Å². The molecule has 0 heterocycles. The Morgan fingerprint density at radius 1 is 0.565 bits per heavy atom. The summed E-state index contributed by atoms with van der Waals surface area (Å²) in [6.45, 7) is 0. The van der Waals surface area contributed by atoms with Gasteiger partial charge in [0.1, 0.15) is 0 Å². The summed E-state index contributed by atoms with van der Waals surface area (Å²) in [5.74, 6) is 2.94. The summed E-state index contributed by atoms with van der Waals surface area (Å²) in [5.41, 5.74) is 21.5. The Labute approximate surface area is 369 Å². The van der Waals surface area contributed by atoms with Crippen molar-refractivity contribution in [1.82, 2.24) is 0 Å². The van der Waals surface area contributed by atoms with Crippen LogP contribution in [0.3, 0.4) is 0 Å². The van der Waals surface area contributed by atoms with Gasteiger partial charge in [0, 0.05) is 0 Å². The van der Waals surface area contributed by atoms with Crippen molar-refractivity contribution in [2.24, 2.45) is 35.5 Å². The lowest BCUT2D eigenvalue weighted by atomic mass is 9.57. The molecule has 12 rings (SSSR count). The second-order valence-corrected chi connectivity index (χ2v) is 19.3. The number of hydrogen-bond donors (Lipinski definition) is 0. The van der Waals surface area contributed by atoms with Crippen LogP contribution >= 0.6 is 0 Å². The number of hydrogen-bond acceptors (Lipinski definition) is 0. The second kappa shape index (κ2) is 16.2. The minimum absolute atomic E-state index is 0.409. The topological polar surface area (TPSA) is 0 Å². The third kappa shape index (κ3) is 6.64. The van der Waals surface area contributed by atoms with E-state index >= 15 is 0 Å². The van der Waals surface area contributed by atoms with Gasteiger partial charge in [0.2, 0.25) is 0 Å². The zero-order valence-corrected chi connectivity index (χ0v) is 36.1. The molecule has 62 heavy (non-hydrogen) atoms. The van der Waals surface area contributed by atoms with Crippen LogP contribution in [0.5, 0.6) is 0 Å². The molecule has 306 valence electrons. The molecule has 0 aromatic heterocycles.